The minimum Gasteiger partial charge on any atom is -0.338 e. The van der Waals surface area contributed by atoms with E-state index >= 15 is 0 Å². The Morgan fingerprint density at radius 2 is 1.59 bits per heavy atom. The van der Waals surface area contributed by atoms with Crippen molar-refractivity contribution >= 4 is 22.0 Å². The van der Waals surface area contributed by atoms with E-state index in [0.717, 1.165) is 5.56 Å². The third-order valence-corrected chi connectivity index (χ3v) is 6.25. The summed E-state index contributed by atoms with van der Waals surface area (Å²) in [4.78, 5) is 23.7. The number of benzene rings is 1. The number of hydrogen-bond acceptors (Lipinski definition) is 5. The Balaban J connectivity index is 2.78. The van der Waals surface area contributed by atoms with Gasteiger partial charge in [0.2, 0.25) is 15.9 Å². The molecule has 0 fully saturated rings. The van der Waals surface area contributed by atoms with Crippen LogP contribution in [0.3, 0.4) is 0 Å². The van der Waals surface area contributed by atoms with E-state index in [4.69, 9.17) is 0 Å². The first-order chi connectivity index (χ1) is 12.7. The van der Waals surface area contributed by atoms with Gasteiger partial charge in [0.05, 0.1) is 10.9 Å². The Labute approximate surface area is 161 Å². The van der Waals surface area contributed by atoms with Gasteiger partial charge in [-0.15, -0.1) is 0 Å². The van der Waals surface area contributed by atoms with Crippen LogP contribution in [0, 0.1) is 0 Å². The molecule has 0 aliphatic carbocycles. The van der Waals surface area contributed by atoms with E-state index in [1.54, 1.807) is 52.0 Å². The maximum atomic E-state index is 12.5. The number of amides is 3. The molecule has 0 heterocycles. The molecule has 9 heteroatoms. The van der Waals surface area contributed by atoms with Crippen LogP contribution in [0.4, 0.5) is 4.79 Å². The molecular weight excluding hydrogens is 368 g/mol. The predicted molar refractivity (Wildman–Crippen MR) is 105 cm³/mol. The van der Waals surface area contributed by atoms with E-state index in [9.17, 15) is 18.0 Å². The van der Waals surface area contributed by atoms with E-state index < -0.39 is 28.0 Å². The first kappa shape index (κ1) is 23.1. The second-order valence-electron chi connectivity index (χ2n) is 6.12. The van der Waals surface area contributed by atoms with Crippen molar-refractivity contribution in [1.82, 2.24) is 20.3 Å². The highest BCUT2D eigenvalue weighted by Gasteiger charge is 2.22. The lowest BCUT2D eigenvalue weighted by molar-refractivity contribution is -0.121. The van der Waals surface area contributed by atoms with Crippen molar-refractivity contribution in [1.29, 1.82) is 0 Å². The van der Waals surface area contributed by atoms with Crippen LogP contribution in [0.2, 0.25) is 0 Å². The second-order valence-corrected chi connectivity index (χ2v) is 8.06. The summed E-state index contributed by atoms with van der Waals surface area (Å²) in [6, 6.07) is 5.26. The smallest absolute Gasteiger partial charge is 0.321 e. The van der Waals surface area contributed by atoms with Crippen LogP contribution in [0.25, 0.3) is 0 Å². The predicted octanol–water partition coefficient (Wildman–Crippen LogP) is 1.60. The van der Waals surface area contributed by atoms with Crippen LogP contribution in [-0.2, 0) is 14.8 Å². The van der Waals surface area contributed by atoms with Crippen LogP contribution < -0.4 is 16.0 Å². The molecule has 0 aliphatic rings. The van der Waals surface area contributed by atoms with Crippen molar-refractivity contribution in [2.75, 3.05) is 19.6 Å². The maximum Gasteiger partial charge on any atom is 0.321 e. The number of nitrogens with one attached hydrogen (secondary N) is 3. The first-order valence-electron chi connectivity index (χ1n) is 9.12. The summed E-state index contributed by atoms with van der Waals surface area (Å²) in [5.41, 5.74) is 0.839. The summed E-state index contributed by atoms with van der Waals surface area (Å²) in [6.07, 6.45) is 0. The molecule has 8 nitrogen and oxygen atoms in total. The molecule has 0 bridgehead atoms. The van der Waals surface area contributed by atoms with Gasteiger partial charge in [-0.3, -0.25) is 15.4 Å². The lowest BCUT2D eigenvalue weighted by atomic mass is 10.1. The van der Waals surface area contributed by atoms with Crippen molar-refractivity contribution in [3.8, 4) is 0 Å². The molecule has 152 valence electrons. The van der Waals surface area contributed by atoms with E-state index in [1.807, 2.05) is 6.92 Å². The third kappa shape index (κ3) is 6.30. The van der Waals surface area contributed by atoms with Crippen LogP contribution >= 0.6 is 0 Å². The van der Waals surface area contributed by atoms with Crippen molar-refractivity contribution in [3.63, 3.8) is 0 Å². The quantitative estimate of drug-likeness (QED) is 0.586. The average molecular weight is 399 g/mol. The SMILES string of the molecule is CCNC(=O)NC(=O)C(C)NC(C)c1ccc(S(=O)(=O)N(CC)CC)cc1. The number of carbonyl (C=O) groups is 2. The Kier molecular flexibility index (Phi) is 8.87. The largest absolute Gasteiger partial charge is 0.338 e. The molecule has 2 unspecified atom stereocenters. The van der Waals surface area contributed by atoms with Gasteiger partial charge in [-0.2, -0.15) is 4.31 Å². The highest BCUT2D eigenvalue weighted by Crippen LogP contribution is 2.19. The molecule has 1 rings (SSSR count). The number of carbonyl (C=O) groups excluding carboxylic acids is 2. The molecule has 0 aromatic heterocycles. The lowest BCUT2D eigenvalue weighted by Crippen LogP contribution is -2.48. The first-order valence-corrected chi connectivity index (χ1v) is 10.6. The standard InChI is InChI=1S/C18H30N4O4S/c1-6-19-18(24)21-17(23)14(5)20-13(4)15-9-11-16(12-10-15)27(25,26)22(7-2)8-3/h9-14,20H,6-8H2,1-5H3,(H2,19,21,23,24). The van der Waals surface area contributed by atoms with Gasteiger partial charge >= 0.3 is 6.03 Å². The molecule has 0 aliphatic heterocycles. The van der Waals surface area contributed by atoms with Gasteiger partial charge < -0.3 is 5.32 Å². The van der Waals surface area contributed by atoms with Crippen molar-refractivity contribution in [2.24, 2.45) is 0 Å². The Morgan fingerprint density at radius 1 is 1.04 bits per heavy atom. The van der Waals surface area contributed by atoms with Crippen molar-refractivity contribution in [2.45, 2.75) is 51.6 Å². The van der Waals surface area contributed by atoms with Gasteiger partial charge in [0.25, 0.3) is 0 Å². The molecule has 1 aromatic carbocycles. The number of imide groups is 1. The third-order valence-electron chi connectivity index (χ3n) is 4.19. The fourth-order valence-corrected chi connectivity index (χ4v) is 4.07. The number of nitrogens with zero attached hydrogens (tertiary/aromatic N) is 1. The summed E-state index contributed by atoms with van der Waals surface area (Å²) in [7, 11) is -3.49. The van der Waals surface area contributed by atoms with Gasteiger partial charge in [-0.05, 0) is 38.5 Å². The molecule has 27 heavy (non-hydrogen) atoms. The second kappa shape index (κ2) is 10.4. The number of urea groups is 1. The van der Waals surface area contributed by atoms with Crippen molar-refractivity contribution < 1.29 is 18.0 Å². The topological polar surface area (TPSA) is 108 Å². The van der Waals surface area contributed by atoms with Crippen LogP contribution in [0.5, 0.6) is 0 Å². The zero-order valence-corrected chi connectivity index (χ0v) is 17.4. The van der Waals surface area contributed by atoms with Gasteiger partial charge in [-0.25, -0.2) is 13.2 Å². The summed E-state index contributed by atoms with van der Waals surface area (Å²) in [6.45, 7) is 10.1. The molecule has 0 radical (unpaired) electrons. The minimum absolute atomic E-state index is 0.204. The Morgan fingerprint density at radius 3 is 2.07 bits per heavy atom. The highest BCUT2D eigenvalue weighted by molar-refractivity contribution is 7.89. The monoisotopic (exact) mass is 398 g/mol. The Bertz CT molecular complexity index is 730. The molecule has 0 spiro atoms. The van der Waals surface area contributed by atoms with E-state index in [1.165, 1.54) is 4.31 Å². The average Bonchev–Trinajstić information content (AvgIpc) is 2.62. The van der Waals surface area contributed by atoms with Crippen molar-refractivity contribution in [3.05, 3.63) is 29.8 Å². The molecule has 0 saturated heterocycles. The summed E-state index contributed by atoms with van der Waals surface area (Å²) >= 11 is 0. The summed E-state index contributed by atoms with van der Waals surface area (Å²) < 4.78 is 26.4. The van der Waals surface area contributed by atoms with Gasteiger partial charge in [0.1, 0.15) is 0 Å². The fourth-order valence-electron chi connectivity index (χ4n) is 2.61. The normalized spacial score (nSPS) is 13.9. The molecule has 3 N–H and O–H groups in total. The number of hydrogen-bond donors (Lipinski definition) is 3. The Hall–Kier alpha value is -1.97. The minimum atomic E-state index is -3.49. The van der Waals surface area contributed by atoms with Gasteiger partial charge in [0, 0.05) is 25.7 Å². The molecule has 3 amide bonds. The van der Waals surface area contributed by atoms with E-state index in [0.29, 0.717) is 19.6 Å². The molecular formula is C18H30N4O4S. The maximum absolute atomic E-state index is 12.5. The zero-order valence-electron chi connectivity index (χ0n) is 16.6. The molecule has 2 atom stereocenters. The van der Waals surface area contributed by atoms with E-state index in [-0.39, 0.29) is 10.9 Å². The lowest BCUT2D eigenvalue weighted by Gasteiger charge is -2.21. The van der Waals surface area contributed by atoms with Crippen LogP contribution in [0.15, 0.2) is 29.2 Å². The van der Waals surface area contributed by atoms with Gasteiger partial charge in [-0.1, -0.05) is 26.0 Å². The van der Waals surface area contributed by atoms with Crippen LogP contribution in [-0.4, -0.2) is 50.3 Å². The zero-order chi connectivity index (χ0) is 20.6. The van der Waals surface area contributed by atoms with Gasteiger partial charge in [0.15, 0.2) is 0 Å². The molecule has 0 saturated carbocycles. The molecule has 1 aromatic rings. The number of rotatable bonds is 9. The summed E-state index contributed by atoms with van der Waals surface area (Å²) in [5.74, 6) is -0.437. The van der Waals surface area contributed by atoms with Crippen LogP contribution in [0.1, 0.15) is 46.2 Å². The summed E-state index contributed by atoms with van der Waals surface area (Å²) in [5, 5.41) is 7.85. The highest BCUT2D eigenvalue weighted by atomic mass is 32.2. The van der Waals surface area contributed by atoms with E-state index in [2.05, 4.69) is 16.0 Å². The number of sulfonamides is 1. The fraction of sp³-hybridized carbons (Fsp3) is 0.556.